The zero-order chi connectivity index (χ0) is 13.5. The molecule has 5 heteroatoms. The number of hydrogen-bond donors (Lipinski definition) is 3. The Morgan fingerprint density at radius 3 is 2.83 bits per heavy atom. The number of carbonyl (C=O) groups is 1. The van der Waals surface area contributed by atoms with E-state index in [1.165, 1.54) is 0 Å². The highest BCUT2D eigenvalue weighted by Gasteiger charge is 2.11. The summed E-state index contributed by atoms with van der Waals surface area (Å²) in [4.78, 5) is 11.9. The molecule has 100 valence electrons. The minimum absolute atomic E-state index is 0.0634. The van der Waals surface area contributed by atoms with Crippen LogP contribution in [0.4, 0.5) is 11.4 Å². The summed E-state index contributed by atoms with van der Waals surface area (Å²) in [5, 5.41) is 5.95. The van der Waals surface area contributed by atoms with Gasteiger partial charge in [-0.15, -0.1) is 0 Å². The number of benzene rings is 1. The molecule has 1 atom stereocenters. The Morgan fingerprint density at radius 2 is 2.22 bits per heavy atom. The number of methoxy groups -OCH3 is 1. The van der Waals surface area contributed by atoms with Gasteiger partial charge in [0, 0.05) is 31.6 Å². The second-order valence-corrected chi connectivity index (χ2v) is 4.09. The van der Waals surface area contributed by atoms with E-state index in [1.54, 1.807) is 25.3 Å². The molecule has 0 aliphatic rings. The summed E-state index contributed by atoms with van der Waals surface area (Å²) < 4.78 is 5.16. The number of carbonyl (C=O) groups excluding carboxylic acids is 1. The molecule has 18 heavy (non-hydrogen) atoms. The highest BCUT2D eigenvalue weighted by molar-refractivity contribution is 6.00. The molecule has 1 unspecified atom stereocenters. The molecular weight excluding hydrogens is 230 g/mol. The van der Waals surface area contributed by atoms with E-state index < -0.39 is 0 Å². The van der Waals surface area contributed by atoms with Crippen molar-refractivity contribution in [2.45, 2.75) is 20.0 Å². The number of rotatable bonds is 6. The fraction of sp³-hybridized carbons (Fsp3) is 0.462. The number of amides is 1. The van der Waals surface area contributed by atoms with Crippen LogP contribution in [0.1, 0.15) is 24.2 Å². The SMILES string of the molecule is CCNC(=O)c1ccc(N)cc1NCC(C)OC. The normalized spacial score (nSPS) is 11.9. The monoisotopic (exact) mass is 251 g/mol. The van der Waals surface area contributed by atoms with Crippen molar-refractivity contribution in [1.82, 2.24) is 5.32 Å². The molecule has 1 aromatic carbocycles. The van der Waals surface area contributed by atoms with Crippen LogP contribution in [0.25, 0.3) is 0 Å². The number of nitrogen functional groups attached to an aromatic ring is 1. The first-order valence-electron chi connectivity index (χ1n) is 6.02. The van der Waals surface area contributed by atoms with Gasteiger partial charge in [-0.25, -0.2) is 0 Å². The van der Waals surface area contributed by atoms with Crippen LogP contribution in [0.5, 0.6) is 0 Å². The van der Waals surface area contributed by atoms with Gasteiger partial charge in [-0.1, -0.05) is 0 Å². The Labute approximate surface area is 108 Å². The molecule has 0 fully saturated rings. The molecule has 0 aromatic heterocycles. The van der Waals surface area contributed by atoms with Crippen LogP contribution in [0.15, 0.2) is 18.2 Å². The van der Waals surface area contributed by atoms with E-state index in [4.69, 9.17) is 10.5 Å². The molecule has 0 radical (unpaired) electrons. The van der Waals surface area contributed by atoms with Crippen molar-refractivity contribution in [3.8, 4) is 0 Å². The van der Waals surface area contributed by atoms with Gasteiger partial charge in [0.25, 0.3) is 5.91 Å². The molecule has 1 rings (SSSR count). The standard InChI is InChI=1S/C13H21N3O2/c1-4-15-13(17)11-6-5-10(14)7-12(11)16-8-9(2)18-3/h5-7,9,16H,4,8,14H2,1-3H3,(H,15,17). The second kappa shape index (κ2) is 6.86. The van der Waals surface area contributed by atoms with Gasteiger partial charge in [-0.2, -0.15) is 0 Å². The molecule has 1 amide bonds. The highest BCUT2D eigenvalue weighted by Crippen LogP contribution is 2.19. The van der Waals surface area contributed by atoms with Crippen LogP contribution in [0.2, 0.25) is 0 Å². The van der Waals surface area contributed by atoms with Crippen LogP contribution >= 0.6 is 0 Å². The smallest absolute Gasteiger partial charge is 0.253 e. The fourth-order valence-corrected chi connectivity index (χ4v) is 1.50. The molecule has 0 aliphatic heterocycles. The summed E-state index contributed by atoms with van der Waals surface area (Å²) in [6.45, 7) is 5.05. The van der Waals surface area contributed by atoms with Crippen molar-refractivity contribution in [3.63, 3.8) is 0 Å². The second-order valence-electron chi connectivity index (χ2n) is 4.09. The van der Waals surface area contributed by atoms with Gasteiger partial charge in [0.1, 0.15) is 0 Å². The predicted molar refractivity (Wildman–Crippen MR) is 73.8 cm³/mol. The van der Waals surface area contributed by atoms with Crippen molar-refractivity contribution in [3.05, 3.63) is 23.8 Å². The van der Waals surface area contributed by atoms with E-state index >= 15 is 0 Å². The van der Waals surface area contributed by atoms with Crippen LogP contribution in [0.3, 0.4) is 0 Å². The maximum absolute atomic E-state index is 11.9. The van der Waals surface area contributed by atoms with Gasteiger partial charge in [0.15, 0.2) is 0 Å². The number of nitrogens with one attached hydrogen (secondary N) is 2. The first kappa shape index (κ1) is 14.3. The van der Waals surface area contributed by atoms with Gasteiger partial charge >= 0.3 is 0 Å². The van der Waals surface area contributed by atoms with E-state index in [2.05, 4.69) is 10.6 Å². The molecule has 1 aromatic rings. The molecule has 0 saturated carbocycles. The van der Waals surface area contributed by atoms with Crippen LogP contribution in [-0.2, 0) is 4.74 Å². The fourth-order valence-electron chi connectivity index (χ4n) is 1.50. The third-order valence-corrected chi connectivity index (χ3v) is 2.61. The molecular formula is C13H21N3O2. The Hall–Kier alpha value is -1.75. The summed E-state index contributed by atoms with van der Waals surface area (Å²) in [5.41, 5.74) is 7.68. The van der Waals surface area contributed by atoms with Gasteiger partial charge in [-0.05, 0) is 32.0 Å². The van der Waals surface area contributed by atoms with Crippen molar-refractivity contribution in [2.24, 2.45) is 0 Å². The van der Waals surface area contributed by atoms with Crippen LogP contribution in [0, 0.1) is 0 Å². The van der Waals surface area contributed by atoms with Crippen LogP contribution < -0.4 is 16.4 Å². The number of ether oxygens (including phenoxy) is 1. The van der Waals surface area contributed by atoms with E-state index in [0.717, 1.165) is 5.69 Å². The summed E-state index contributed by atoms with van der Waals surface area (Å²) in [6.07, 6.45) is 0.0634. The number of anilines is 2. The van der Waals surface area contributed by atoms with Gasteiger partial charge in [-0.3, -0.25) is 4.79 Å². The summed E-state index contributed by atoms with van der Waals surface area (Å²) in [5.74, 6) is -0.106. The Kier molecular flexibility index (Phi) is 5.45. The van der Waals surface area contributed by atoms with Gasteiger partial charge in [0.05, 0.1) is 11.7 Å². The Bertz CT molecular complexity index is 407. The topological polar surface area (TPSA) is 76.4 Å². The number of nitrogens with two attached hydrogens (primary N) is 1. The first-order chi connectivity index (χ1) is 8.58. The summed E-state index contributed by atoms with van der Waals surface area (Å²) in [6, 6.07) is 5.20. The molecule has 0 bridgehead atoms. The van der Waals surface area contributed by atoms with E-state index in [9.17, 15) is 4.79 Å². The lowest BCUT2D eigenvalue weighted by atomic mass is 10.1. The van der Waals surface area contributed by atoms with Crippen molar-refractivity contribution < 1.29 is 9.53 Å². The third-order valence-electron chi connectivity index (χ3n) is 2.61. The molecule has 0 aliphatic carbocycles. The molecule has 5 nitrogen and oxygen atoms in total. The Balaban J connectivity index is 2.86. The molecule has 0 heterocycles. The number of hydrogen-bond acceptors (Lipinski definition) is 4. The minimum atomic E-state index is -0.106. The van der Waals surface area contributed by atoms with Gasteiger partial charge < -0.3 is 21.1 Å². The summed E-state index contributed by atoms with van der Waals surface area (Å²) >= 11 is 0. The summed E-state index contributed by atoms with van der Waals surface area (Å²) in [7, 11) is 1.65. The minimum Gasteiger partial charge on any atom is -0.399 e. The molecule has 4 N–H and O–H groups in total. The third kappa shape index (κ3) is 3.92. The molecule has 0 spiro atoms. The molecule has 0 saturated heterocycles. The zero-order valence-corrected chi connectivity index (χ0v) is 11.1. The average Bonchev–Trinajstić information content (AvgIpc) is 2.36. The predicted octanol–water partition coefficient (Wildman–Crippen LogP) is 1.47. The maximum Gasteiger partial charge on any atom is 0.253 e. The lowest BCUT2D eigenvalue weighted by Crippen LogP contribution is -2.25. The first-order valence-corrected chi connectivity index (χ1v) is 6.02. The van der Waals surface area contributed by atoms with E-state index in [0.29, 0.717) is 24.3 Å². The van der Waals surface area contributed by atoms with Crippen LogP contribution in [-0.4, -0.2) is 32.2 Å². The average molecular weight is 251 g/mol. The lowest BCUT2D eigenvalue weighted by molar-refractivity contribution is 0.0956. The highest BCUT2D eigenvalue weighted by atomic mass is 16.5. The largest absolute Gasteiger partial charge is 0.399 e. The zero-order valence-electron chi connectivity index (χ0n) is 11.1. The lowest BCUT2D eigenvalue weighted by Gasteiger charge is -2.15. The van der Waals surface area contributed by atoms with Crippen molar-refractivity contribution >= 4 is 17.3 Å². The Morgan fingerprint density at radius 1 is 1.50 bits per heavy atom. The van der Waals surface area contributed by atoms with Crippen molar-refractivity contribution in [2.75, 3.05) is 31.2 Å². The van der Waals surface area contributed by atoms with Gasteiger partial charge in [0.2, 0.25) is 0 Å². The van der Waals surface area contributed by atoms with E-state index in [1.807, 2.05) is 13.8 Å². The van der Waals surface area contributed by atoms with E-state index in [-0.39, 0.29) is 12.0 Å². The quantitative estimate of drug-likeness (QED) is 0.669. The maximum atomic E-state index is 11.9. The van der Waals surface area contributed by atoms with Crippen molar-refractivity contribution in [1.29, 1.82) is 0 Å².